The van der Waals surface area contributed by atoms with Gasteiger partial charge >= 0.3 is 5.97 Å². The lowest BCUT2D eigenvalue weighted by Crippen LogP contribution is -2.15. The van der Waals surface area contributed by atoms with Gasteiger partial charge in [0.25, 0.3) is 0 Å². The second-order valence-electron chi connectivity index (χ2n) is 4.81. The summed E-state index contributed by atoms with van der Waals surface area (Å²) in [5, 5.41) is 0. The molecule has 0 N–H and O–H groups in total. The van der Waals surface area contributed by atoms with Crippen LogP contribution in [0.5, 0.6) is 0 Å². The lowest BCUT2D eigenvalue weighted by molar-refractivity contribution is -0.138. The van der Waals surface area contributed by atoms with Gasteiger partial charge in [0.05, 0.1) is 0 Å². The van der Waals surface area contributed by atoms with Crippen molar-refractivity contribution in [1.29, 1.82) is 0 Å². The Morgan fingerprint density at radius 1 is 1.41 bits per heavy atom. The van der Waals surface area contributed by atoms with Crippen LogP contribution in [-0.2, 0) is 9.53 Å². The van der Waals surface area contributed by atoms with Gasteiger partial charge in [-0.15, -0.1) is 0 Å². The standard InChI is InChI=1S/C15H18O2/c1-10-5-4-6-11(2)9-14-13(8-7-10)12(3)15(16)17-14/h6-8,13-14H,1,3-5,9H2,2H3. The van der Waals surface area contributed by atoms with Gasteiger partial charge in [-0.2, -0.15) is 0 Å². The fourth-order valence-corrected chi connectivity index (χ4v) is 2.28. The average Bonchev–Trinajstić information content (AvgIpc) is 2.52. The van der Waals surface area contributed by atoms with E-state index in [0.717, 1.165) is 24.8 Å². The van der Waals surface area contributed by atoms with E-state index in [4.69, 9.17) is 4.74 Å². The van der Waals surface area contributed by atoms with Crippen LogP contribution in [0.2, 0.25) is 0 Å². The van der Waals surface area contributed by atoms with E-state index in [-0.39, 0.29) is 18.0 Å². The van der Waals surface area contributed by atoms with E-state index in [2.05, 4.69) is 26.2 Å². The molecule has 1 fully saturated rings. The lowest BCUT2D eigenvalue weighted by atomic mass is 9.90. The van der Waals surface area contributed by atoms with Crippen LogP contribution in [0.4, 0.5) is 0 Å². The Bertz CT molecular complexity index is 426. The molecule has 0 bridgehead atoms. The third-order valence-corrected chi connectivity index (χ3v) is 3.34. The summed E-state index contributed by atoms with van der Waals surface area (Å²) in [4.78, 5) is 11.5. The predicted molar refractivity (Wildman–Crippen MR) is 68.4 cm³/mol. The van der Waals surface area contributed by atoms with E-state index >= 15 is 0 Å². The van der Waals surface area contributed by atoms with Crippen LogP contribution in [0.3, 0.4) is 0 Å². The molecule has 17 heavy (non-hydrogen) atoms. The molecule has 2 aliphatic rings. The first-order chi connectivity index (χ1) is 8.08. The van der Waals surface area contributed by atoms with Crippen LogP contribution in [0.25, 0.3) is 0 Å². The fraction of sp³-hybridized carbons (Fsp3) is 0.400. The molecule has 1 heterocycles. The largest absolute Gasteiger partial charge is 0.458 e. The first-order valence-electron chi connectivity index (χ1n) is 5.99. The Morgan fingerprint density at radius 3 is 2.94 bits per heavy atom. The number of carbonyl (C=O) groups is 1. The molecule has 0 saturated carbocycles. The highest BCUT2D eigenvalue weighted by Gasteiger charge is 2.36. The topological polar surface area (TPSA) is 26.3 Å². The molecule has 0 aromatic rings. The summed E-state index contributed by atoms with van der Waals surface area (Å²) in [5.41, 5.74) is 2.92. The molecule has 0 spiro atoms. The van der Waals surface area contributed by atoms with Gasteiger partial charge in [-0.05, 0) is 19.8 Å². The van der Waals surface area contributed by atoms with Gasteiger partial charge in [-0.1, -0.05) is 42.5 Å². The smallest absolute Gasteiger partial charge is 0.334 e. The summed E-state index contributed by atoms with van der Waals surface area (Å²) in [6.07, 6.45) is 8.89. The summed E-state index contributed by atoms with van der Waals surface area (Å²) in [7, 11) is 0. The number of carbonyl (C=O) groups excluding carboxylic acids is 1. The minimum atomic E-state index is -0.262. The van der Waals surface area contributed by atoms with E-state index < -0.39 is 0 Å². The Morgan fingerprint density at radius 2 is 2.18 bits per heavy atom. The maximum Gasteiger partial charge on any atom is 0.334 e. The average molecular weight is 230 g/mol. The van der Waals surface area contributed by atoms with Crippen molar-refractivity contribution < 1.29 is 9.53 Å². The van der Waals surface area contributed by atoms with E-state index in [1.54, 1.807) is 0 Å². The maximum absolute atomic E-state index is 11.5. The number of rotatable bonds is 0. The molecular weight excluding hydrogens is 212 g/mol. The molecule has 1 saturated heterocycles. The molecule has 0 aromatic heterocycles. The number of hydrogen-bond donors (Lipinski definition) is 0. The zero-order chi connectivity index (χ0) is 12.4. The van der Waals surface area contributed by atoms with Gasteiger partial charge in [0.15, 0.2) is 0 Å². The third-order valence-electron chi connectivity index (χ3n) is 3.34. The van der Waals surface area contributed by atoms with Gasteiger partial charge in [-0.3, -0.25) is 0 Å². The molecule has 2 atom stereocenters. The van der Waals surface area contributed by atoms with E-state index in [1.807, 2.05) is 12.2 Å². The highest BCUT2D eigenvalue weighted by molar-refractivity contribution is 5.91. The molecule has 1 aliphatic heterocycles. The highest BCUT2D eigenvalue weighted by atomic mass is 16.6. The first-order valence-corrected chi connectivity index (χ1v) is 5.99. The minimum Gasteiger partial charge on any atom is -0.458 e. The van der Waals surface area contributed by atoms with Gasteiger partial charge in [0, 0.05) is 17.9 Å². The number of ether oxygens (including phenoxy) is 1. The van der Waals surface area contributed by atoms with Crippen LogP contribution in [0, 0.1) is 5.92 Å². The Labute approximate surface area is 102 Å². The van der Waals surface area contributed by atoms with E-state index in [0.29, 0.717) is 5.57 Å². The van der Waals surface area contributed by atoms with Crippen LogP contribution in [-0.4, -0.2) is 12.1 Å². The Hall–Kier alpha value is -1.57. The summed E-state index contributed by atoms with van der Waals surface area (Å²) in [6.45, 7) is 9.90. The SMILES string of the molecule is C=C1C=CC2C(=C)C(=O)OC2CC(C)=CCC1. The molecule has 1 aliphatic carbocycles. The summed E-state index contributed by atoms with van der Waals surface area (Å²) < 4.78 is 5.35. The molecule has 2 unspecified atom stereocenters. The van der Waals surface area contributed by atoms with Crippen molar-refractivity contribution in [3.05, 3.63) is 48.1 Å². The highest BCUT2D eigenvalue weighted by Crippen LogP contribution is 2.32. The van der Waals surface area contributed by atoms with Crippen molar-refractivity contribution >= 4 is 5.97 Å². The van der Waals surface area contributed by atoms with Crippen molar-refractivity contribution in [2.45, 2.75) is 32.3 Å². The summed E-state index contributed by atoms with van der Waals surface area (Å²) in [6, 6.07) is 0. The van der Waals surface area contributed by atoms with Crippen molar-refractivity contribution in [3.8, 4) is 0 Å². The first kappa shape index (κ1) is 11.9. The molecular formula is C15H18O2. The molecule has 2 nitrogen and oxygen atoms in total. The zero-order valence-electron chi connectivity index (χ0n) is 10.2. The van der Waals surface area contributed by atoms with Crippen LogP contribution >= 0.6 is 0 Å². The minimum absolute atomic E-state index is 0.000648. The van der Waals surface area contributed by atoms with Crippen molar-refractivity contribution in [3.63, 3.8) is 0 Å². The summed E-state index contributed by atoms with van der Waals surface area (Å²) in [5.74, 6) is -0.261. The van der Waals surface area contributed by atoms with Crippen molar-refractivity contribution in [1.82, 2.24) is 0 Å². The second kappa shape index (κ2) is 4.74. The van der Waals surface area contributed by atoms with E-state index in [1.165, 1.54) is 5.57 Å². The molecule has 2 rings (SSSR count). The number of fused-ring (bicyclic) bond motifs is 1. The van der Waals surface area contributed by atoms with Gasteiger partial charge in [0.2, 0.25) is 0 Å². The van der Waals surface area contributed by atoms with Crippen molar-refractivity contribution in [2.75, 3.05) is 0 Å². The second-order valence-corrected chi connectivity index (χ2v) is 4.81. The maximum atomic E-state index is 11.5. The number of hydrogen-bond acceptors (Lipinski definition) is 2. The van der Waals surface area contributed by atoms with Crippen LogP contribution in [0.15, 0.2) is 48.1 Å². The number of esters is 1. The molecule has 2 heteroatoms. The predicted octanol–water partition coefficient (Wildman–Crippen LogP) is 3.33. The van der Waals surface area contributed by atoms with Crippen LogP contribution in [0.1, 0.15) is 26.2 Å². The van der Waals surface area contributed by atoms with Gasteiger partial charge in [-0.25, -0.2) is 4.79 Å². The molecule has 90 valence electrons. The van der Waals surface area contributed by atoms with E-state index in [9.17, 15) is 4.79 Å². The quantitative estimate of drug-likeness (QED) is 0.362. The summed E-state index contributed by atoms with van der Waals surface area (Å²) >= 11 is 0. The third kappa shape index (κ3) is 2.57. The zero-order valence-corrected chi connectivity index (χ0v) is 10.2. The number of allylic oxidation sites excluding steroid dienone is 3. The fourth-order valence-electron chi connectivity index (χ4n) is 2.28. The van der Waals surface area contributed by atoms with Gasteiger partial charge < -0.3 is 4.74 Å². The van der Waals surface area contributed by atoms with Gasteiger partial charge in [0.1, 0.15) is 6.10 Å². The van der Waals surface area contributed by atoms with Crippen LogP contribution < -0.4 is 0 Å². The lowest BCUT2D eigenvalue weighted by Gasteiger charge is -2.16. The monoisotopic (exact) mass is 230 g/mol. The Balaban J connectivity index is 2.27. The Kier molecular flexibility index (Phi) is 3.32. The van der Waals surface area contributed by atoms with Crippen molar-refractivity contribution in [2.24, 2.45) is 5.92 Å². The molecule has 0 radical (unpaired) electrons. The normalized spacial score (nSPS) is 29.7. The molecule has 0 amide bonds. The molecule has 0 aromatic carbocycles.